The molecule has 1 heterocycles. The molecule has 2 aromatic carbocycles. The van der Waals surface area contributed by atoms with Gasteiger partial charge in [-0.2, -0.15) is 0 Å². The lowest BCUT2D eigenvalue weighted by Gasteiger charge is -2.37. The lowest BCUT2D eigenvalue weighted by molar-refractivity contribution is -0.142. The summed E-state index contributed by atoms with van der Waals surface area (Å²) in [5.41, 5.74) is 3.56. The molecule has 0 saturated carbocycles. The Balaban J connectivity index is 1.90. The van der Waals surface area contributed by atoms with Crippen LogP contribution in [0.1, 0.15) is 29.2 Å². The molecule has 6 nitrogen and oxygen atoms in total. The molecule has 0 aromatic heterocycles. The Kier molecular flexibility index (Phi) is 7.23. The number of rotatable bonds is 7. The van der Waals surface area contributed by atoms with Crippen molar-refractivity contribution in [1.29, 1.82) is 0 Å². The molecule has 0 aliphatic carbocycles. The van der Waals surface area contributed by atoms with Gasteiger partial charge in [-0.05, 0) is 37.4 Å². The average molecular weight is 450 g/mol. The normalized spacial score (nSPS) is 17.8. The first-order valence-electron chi connectivity index (χ1n) is 9.59. The predicted molar refractivity (Wildman–Crippen MR) is 119 cm³/mol. The summed E-state index contributed by atoms with van der Waals surface area (Å²) in [5.74, 6) is -0.402. The first-order valence-corrected chi connectivity index (χ1v) is 10.3. The minimum Gasteiger partial charge on any atom is -0.467 e. The third-order valence-electron chi connectivity index (χ3n) is 5.12. The number of fused-ring (bicyclic) bond motifs is 1. The Labute approximate surface area is 186 Å². The van der Waals surface area contributed by atoms with E-state index in [1.165, 1.54) is 12.7 Å². The summed E-state index contributed by atoms with van der Waals surface area (Å²) in [6, 6.07) is 10.5. The zero-order valence-electron chi connectivity index (χ0n) is 17.2. The van der Waals surface area contributed by atoms with E-state index in [0.717, 1.165) is 24.1 Å². The summed E-state index contributed by atoms with van der Waals surface area (Å²) < 4.78 is 4.91. The van der Waals surface area contributed by atoms with E-state index in [9.17, 15) is 9.59 Å². The predicted octanol–water partition coefficient (Wildman–Crippen LogP) is 4.11. The van der Waals surface area contributed by atoms with Crippen molar-refractivity contribution < 1.29 is 14.3 Å². The Morgan fingerprint density at radius 1 is 1.17 bits per heavy atom. The highest BCUT2D eigenvalue weighted by Crippen LogP contribution is 2.42. The topological polar surface area (TPSA) is 61.9 Å². The Bertz CT molecular complexity index is 919. The first kappa shape index (κ1) is 22.4. The van der Waals surface area contributed by atoms with Crippen molar-refractivity contribution >= 4 is 41.3 Å². The summed E-state index contributed by atoms with van der Waals surface area (Å²) >= 11 is 12.6. The van der Waals surface area contributed by atoms with Crippen LogP contribution in [0.4, 0.5) is 5.69 Å². The number of esters is 1. The van der Waals surface area contributed by atoms with E-state index >= 15 is 0 Å². The fraction of sp³-hybridized carbons (Fsp3) is 0.364. The number of carbonyl (C=O) groups is 2. The number of ether oxygens (including phenoxy) is 1. The number of hydrogen-bond acceptors (Lipinski definition) is 5. The van der Waals surface area contributed by atoms with Crippen LogP contribution in [0.2, 0.25) is 10.0 Å². The van der Waals surface area contributed by atoms with Gasteiger partial charge >= 0.3 is 5.97 Å². The maximum absolute atomic E-state index is 12.2. The molecular formula is C22H25Cl2N3O3. The number of halogens is 2. The highest BCUT2D eigenvalue weighted by molar-refractivity contribution is 6.35. The van der Waals surface area contributed by atoms with Gasteiger partial charge in [0.1, 0.15) is 6.04 Å². The lowest BCUT2D eigenvalue weighted by atomic mass is 9.91. The number of hydrogen-bond donors (Lipinski definition) is 1. The van der Waals surface area contributed by atoms with Gasteiger partial charge in [-0.25, -0.2) is 4.79 Å². The molecular weight excluding hydrogens is 425 g/mol. The van der Waals surface area contributed by atoms with Gasteiger partial charge in [0.2, 0.25) is 6.41 Å². The van der Waals surface area contributed by atoms with Gasteiger partial charge in [-0.1, -0.05) is 47.5 Å². The van der Waals surface area contributed by atoms with Gasteiger partial charge in [-0.3, -0.25) is 4.79 Å². The molecule has 0 bridgehead atoms. The van der Waals surface area contributed by atoms with Crippen molar-refractivity contribution in [1.82, 2.24) is 9.80 Å². The fourth-order valence-corrected chi connectivity index (χ4v) is 4.40. The Morgan fingerprint density at radius 3 is 2.37 bits per heavy atom. The van der Waals surface area contributed by atoms with Gasteiger partial charge in [0.15, 0.2) is 0 Å². The van der Waals surface area contributed by atoms with Crippen molar-refractivity contribution in [2.24, 2.45) is 0 Å². The molecule has 3 rings (SSSR count). The van der Waals surface area contributed by atoms with Crippen molar-refractivity contribution in [2.45, 2.75) is 31.6 Å². The van der Waals surface area contributed by atoms with Gasteiger partial charge in [0, 0.05) is 40.8 Å². The maximum atomic E-state index is 12.2. The highest BCUT2D eigenvalue weighted by atomic mass is 35.5. The van der Waals surface area contributed by atoms with Crippen LogP contribution in [0.5, 0.6) is 0 Å². The number of nitrogens with one attached hydrogen (secondary N) is 1. The number of nitrogens with zero attached hydrogens (tertiary/aromatic N) is 2. The second kappa shape index (κ2) is 9.69. The Morgan fingerprint density at radius 2 is 1.80 bits per heavy atom. The minimum absolute atomic E-state index is 0.346. The van der Waals surface area contributed by atoms with Crippen LogP contribution < -0.4 is 5.32 Å². The number of methoxy groups -OCH3 is 1. The van der Waals surface area contributed by atoms with Crippen molar-refractivity contribution in [2.75, 3.05) is 26.5 Å². The summed E-state index contributed by atoms with van der Waals surface area (Å²) in [6.45, 7) is 1.24. The smallest absolute Gasteiger partial charge is 0.328 e. The van der Waals surface area contributed by atoms with Crippen LogP contribution in [0, 0.1) is 0 Å². The SMILES string of the molecule is COC(=O)C1CC(N(C=O)Cc2ccc(CN(C)C)cc2)c2c(Cl)cc(Cl)cc2N1. The van der Waals surface area contributed by atoms with E-state index in [2.05, 4.69) is 22.3 Å². The quantitative estimate of drug-likeness (QED) is 0.508. The van der Waals surface area contributed by atoms with E-state index in [0.29, 0.717) is 28.7 Å². The summed E-state index contributed by atoms with van der Waals surface area (Å²) in [4.78, 5) is 28.1. The fourth-order valence-electron chi connectivity index (χ4n) is 3.78. The zero-order valence-corrected chi connectivity index (χ0v) is 18.7. The first-order chi connectivity index (χ1) is 14.3. The number of amides is 1. The number of carbonyl (C=O) groups excluding carboxylic acids is 2. The van der Waals surface area contributed by atoms with Gasteiger partial charge in [-0.15, -0.1) is 0 Å². The van der Waals surface area contributed by atoms with E-state index < -0.39 is 18.1 Å². The lowest BCUT2D eigenvalue weighted by Crippen LogP contribution is -2.41. The minimum atomic E-state index is -0.605. The molecule has 1 aliphatic rings. The van der Waals surface area contributed by atoms with Gasteiger partial charge < -0.3 is 19.9 Å². The molecule has 1 N–H and O–H groups in total. The molecule has 0 saturated heterocycles. The van der Waals surface area contributed by atoms with E-state index in [-0.39, 0.29) is 0 Å². The van der Waals surface area contributed by atoms with Gasteiger partial charge in [0.05, 0.1) is 13.2 Å². The molecule has 0 radical (unpaired) electrons. The largest absolute Gasteiger partial charge is 0.467 e. The molecule has 160 valence electrons. The van der Waals surface area contributed by atoms with Crippen LogP contribution in [0.15, 0.2) is 36.4 Å². The third-order valence-corrected chi connectivity index (χ3v) is 5.66. The molecule has 1 amide bonds. The molecule has 2 aromatic rings. The highest BCUT2D eigenvalue weighted by Gasteiger charge is 2.36. The van der Waals surface area contributed by atoms with E-state index in [1.54, 1.807) is 17.0 Å². The van der Waals surface area contributed by atoms with Crippen LogP contribution in [0.3, 0.4) is 0 Å². The molecule has 30 heavy (non-hydrogen) atoms. The average Bonchev–Trinajstić information content (AvgIpc) is 2.71. The third kappa shape index (κ3) is 5.06. The van der Waals surface area contributed by atoms with Crippen molar-refractivity contribution in [3.63, 3.8) is 0 Å². The van der Waals surface area contributed by atoms with Crippen LogP contribution in [0.25, 0.3) is 0 Å². The molecule has 0 spiro atoms. The molecule has 1 aliphatic heterocycles. The van der Waals surface area contributed by atoms with Gasteiger partial charge in [0.25, 0.3) is 0 Å². The van der Waals surface area contributed by atoms with Crippen molar-refractivity contribution in [3.05, 3.63) is 63.1 Å². The number of anilines is 1. The molecule has 0 fully saturated rings. The van der Waals surface area contributed by atoms with Crippen LogP contribution in [-0.4, -0.2) is 49.4 Å². The standard InChI is InChI=1S/C22H25Cl2N3O3/c1-26(2)11-14-4-6-15(7-5-14)12-27(13-28)20-10-19(22(29)30-3)25-18-9-16(23)8-17(24)21(18)20/h4-9,13,19-20,25H,10-12H2,1-3H3. The van der Waals surface area contributed by atoms with E-state index in [1.807, 2.05) is 26.2 Å². The summed E-state index contributed by atoms with van der Waals surface area (Å²) in [5, 5.41) is 4.04. The zero-order chi connectivity index (χ0) is 21.8. The number of benzene rings is 2. The monoisotopic (exact) mass is 449 g/mol. The van der Waals surface area contributed by atoms with E-state index in [4.69, 9.17) is 27.9 Å². The summed E-state index contributed by atoms with van der Waals surface area (Å²) in [7, 11) is 5.38. The second-order valence-corrected chi connectivity index (χ2v) is 8.50. The Hall–Kier alpha value is -2.28. The maximum Gasteiger partial charge on any atom is 0.328 e. The summed E-state index contributed by atoms with van der Waals surface area (Å²) in [6.07, 6.45) is 1.14. The van der Waals surface area contributed by atoms with Crippen LogP contribution >= 0.6 is 23.2 Å². The molecule has 2 atom stereocenters. The van der Waals surface area contributed by atoms with Crippen molar-refractivity contribution in [3.8, 4) is 0 Å². The molecule has 8 heteroatoms. The van der Waals surface area contributed by atoms with Crippen LogP contribution in [-0.2, 0) is 27.4 Å². The molecule has 2 unspecified atom stereocenters. The second-order valence-electron chi connectivity index (χ2n) is 7.65.